The van der Waals surface area contributed by atoms with Crippen LogP contribution in [0, 0.1) is 6.92 Å². The van der Waals surface area contributed by atoms with Crippen molar-refractivity contribution in [3.63, 3.8) is 0 Å². The summed E-state index contributed by atoms with van der Waals surface area (Å²) in [5, 5.41) is 0. The molecule has 5 saturated heterocycles. The molecule has 0 saturated carbocycles. The molecular formula is C117H125N13O14. The van der Waals surface area contributed by atoms with Crippen molar-refractivity contribution in [1.82, 2.24) is 44.2 Å². The van der Waals surface area contributed by atoms with Crippen molar-refractivity contribution in [2.24, 2.45) is 0 Å². The summed E-state index contributed by atoms with van der Waals surface area (Å²) >= 11 is 0. The molecule has 0 N–H and O–H groups in total. The Balaban J connectivity index is 0.000000126. The number of aryl methyl sites for hydroxylation is 1. The normalized spacial score (nSPS) is 18.5. The van der Waals surface area contributed by atoms with Crippen LogP contribution in [0.5, 0.6) is 34.5 Å². The number of rotatable bonds is 28. The average Bonchev–Trinajstić information content (AvgIpc) is 1.59. The smallest absolute Gasteiger partial charge is 0.263 e. The van der Waals surface area contributed by atoms with Crippen LogP contribution in [0.25, 0.3) is 0 Å². The Morgan fingerprint density at radius 1 is 0.319 bits per heavy atom. The second-order valence-corrected chi connectivity index (χ2v) is 38.2. The minimum atomic E-state index is -0.263. The van der Waals surface area contributed by atoms with Crippen LogP contribution in [0.3, 0.4) is 0 Å². The van der Waals surface area contributed by atoms with E-state index in [9.17, 15) is 38.4 Å². The van der Waals surface area contributed by atoms with E-state index in [1.165, 1.54) is 60.3 Å². The molecule has 2 bridgehead atoms. The van der Waals surface area contributed by atoms with Gasteiger partial charge in [-0.15, -0.1) is 0 Å². The van der Waals surface area contributed by atoms with Crippen LogP contribution in [0.1, 0.15) is 186 Å². The van der Waals surface area contributed by atoms with Crippen LogP contribution in [0.15, 0.2) is 267 Å². The third kappa shape index (κ3) is 21.1. The van der Waals surface area contributed by atoms with E-state index in [0.717, 1.165) is 150 Å². The molecule has 1 aromatic heterocycles. The summed E-state index contributed by atoms with van der Waals surface area (Å²) in [6.07, 6.45) is 6.60. The maximum absolute atomic E-state index is 13.6. The fourth-order valence-electron chi connectivity index (χ4n) is 21.5. The second-order valence-electron chi connectivity index (χ2n) is 38.2. The molecule has 21 rings (SSSR count). The van der Waals surface area contributed by atoms with Gasteiger partial charge in [-0.3, -0.25) is 82.5 Å². The Hall–Kier alpha value is -15.0. The van der Waals surface area contributed by atoms with Crippen LogP contribution in [-0.4, -0.2) is 236 Å². The number of amides is 8. The molecule has 0 spiro atoms. The summed E-state index contributed by atoms with van der Waals surface area (Å²) < 4.78 is 32.6. The molecule has 742 valence electrons. The zero-order valence-corrected chi connectivity index (χ0v) is 83.6. The molecule has 10 heterocycles. The van der Waals surface area contributed by atoms with Crippen molar-refractivity contribution in [2.75, 3.05) is 140 Å². The largest absolute Gasteiger partial charge is 0.493 e. The van der Waals surface area contributed by atoms with Gasteiger partial charge in [-0.05, 0) is 189 Å². The van der Waals surface area contributed by atoms with Crippen molar-refractivity contribution in [2.45, 2.75) is 130 Å². The second kappa shape index (κ2) is 44.6. The average molecular weight is 1940 g/mol. The van der Waals surface area contributed by atoms with E-state index in [1.807, 2.05) is 110 Å². The van der Waals surface area contributed by atoms with Gasteiger partial charge in [-0.2, -0.15) is 0 Å². The number of benzene rings is 11. The molecule has 9 aliphatic heterocycles. The van der Waals surface area contributed by atoms with Gasteiger partial charge in [0.15, 0.2) is 34.5 Å². The van der Waals surface area contributed by atoms with Crippen LogP contribution in [0.2, 0.25) is 0 Å². The molecule has 8 amide bonds. The van der Waals surface area contributed by atoms with Crippen LogP contribution in [-0.2, 0) is 45.8 Å². The molecule has 12 aromatic rings. The number of methoxy groups -OCH3 is 5. The van der Waals surface area contributed by atoms with E-state index in [1.54, 1.807) is 96.5 Å². The van der Waals surface area contributed by atoms with Gasteiger partial charge in [-0.1, -0.05) is 170 Å². The fraction of sp³-hybridized carbons (Fsp3) is 0.325. The molecule has 11 aromatic carbocycles. The fourth-order valence-corrected chi connectivity index (χ4v) is 21.5. The minimum absolute atomic E-state index is 0.170. The lowest BCUT2D eigenvalue weighted by molar-refractivity contribution is 0.0627. The molecule has 144 heavy (non-hydrogen) atoms. The van der Waals surface area contributed by atoms with Crippen LogP contribution in [0.4, 0.5) is 22.7 Å². The minimum Gasteiger partial charge on any atom is -0.493 e. The van der Waals surface area contributed by atoms with Gasteiger partial charge < -0.3 is 48.0 Å². The summed E-state index contributed by atoms with van der Waals surface area (Å²) in [6, 6.07) is 84.8. The Kier molecular flexibility index (Phi) is 30.7. The van der Waals surface area contributed by atoms with E-state index < -0.39 is 0 Å². The number of hydrogen-bond acceptors (Lipinski definition) is 23. The number of piperazine rings is 4. The van der Waals surface area contributed by atoms with Crippen LogP contribution < -0.4 is 48.0 Å². The van der Waals surface area contributed by atoms with E-state index in [4.69, 9.17) is 28.4 Å². The number of nitrogens with zero attached hydrogens (tertiary/aromatic N) is 13. The number of imide groups is 4. The molecule has 27 nitrogen and oxygen atoms in total. The maximum atomic E-state index is 13.6. The van der Waals surface area contributed by atoms with Crippen molar-refractivity contribution in [1.29, 1.82) is 0 Å². The molecule has 9 aliphatic rings. The van der Waals surface area contributed by atoms with Gasteiger partial charge in [-0.25, -0.2) is 0 Å². The van der Waals surface area contributed by atoms with E-state index in [-0.39, 0.29) is 85.5 Å². The molecule has 2 unspecified atom stereocenters. The third-order valence-electron chi connectivity index (χ3n) is 29.2. The van der Waals surface area contributed by atoms with Crippen molar-refractivity contribution < 1.29 is 66.8 Å². The van der Waals surface area contributed by atoms with Crippen molar-refractivity contribution >= 4 is 70.0 Å². The lowest BCUT2D eigenvalue weighted by Gasteiger charge is -2.45. The van der Waals surface area contributed by atoms with E-state index in [0.29, 0.717) is 104 Å². The standard InChI is InChI=1S/C31H35N3O4.C30H33N3O4.C29H31N3O4.C27H26N4O2/c1-4-19-38-27-14-13-23(20-28(27)37-3)21-34-30(35)25-11-8-12-26(29(25)31(34)36)33-17-15-32(16-18-33)22(2)24-9-6-5-7-10-24;1-20-16-31(17-21(2)32(20)18-22-9-6-5-7-10-22)25-12-8-11-24-28(25)30(35)33(29(24)34)19-23-13-14-26(36-3)27(15-23)37-4;1-20-7-9-21(10-8-20)18-30-13-15-31(16-14-30)24-6-4-5-23-27(24)29(34)32(28(23)33)19-22-11-12-25(35-2)26(17-22)36-3;32-26-23-7-4-8-24(25(23)27(33)31(26)16-20-11-13-28-14-12-20)29-17-21-9-10-22(18-29)30(21)15-19-5-2-1-3-6-19/h5-14,20,22H,4,15-19,21H2,1-3H3;5-15,20-21H,16-19H2,1-4H3;4-12,17H,13-16,18-19H2,1-3H3;1-8,11-14,21-22H,9-10,15-18H2/t22-;20-,21+;;/m1.../s1. The maximum Gasteiger partial charge on any atom is 0.263 e. The summed E-state index contributed by atoms with van der Waals surface area (Å²) in [5.41, 5.74) is 17.3. The predicted molar refractivity (Wildman–Crippen MR) is 556 cm³/mol. The summed E-state index contributed by atoms with van der Waals surface area (Å²) in [6.45, 7) is 25.1. The quantitative estimate of drug-likeness (QED) is 0.0414. The van der Waals surface area contributed by atoms with E-state index >= 15 is 0 Å². The zero-order chi connectivity index (χ0) is 100. The van der Waals surface area contributed by atoms with Crippen LogP contribution >= 0.6 is 0 Å². The molecule has 0 aliphatic carbocycles. The monoisotopic (exact) mass is 1940 g/mol. The third-order valence-corrected chi connectivity index (χ3v) is 29.2. The Labute approximate surface area is 842 Å². The Morgan fingerprint density at radius 2 is 0.660 bits per heavy atom. The highest BCUT2D eigenvalue weighted by molar-refractivity contribution is 6.26. The molecular weight excluding hydrogens is 1810 g/mol. The Morgan fingerprint density at radius 3 is 1.06 bits per heavy atom. The zero-order valence-electron chi connectivity index (χ0n) is 83.6. The summed E-state index contributed by atoms with van der Waals surface area (Å²) in [7, 11) is 7.87. The van der Waals surface area contributed by atoms with Gasteiger partial charge >= 0.3 is 0 Å². The first-order valence-corrected chi connectivity index (χ1v) is 49.8. The number of ether oxygens (including phenoxy) is 6. The SMILES string of the molecule is CCCOc1ccc(CN2C(=O)c3cccc(N4CCN([C@H](C)c5ccccc5)CC4)c3C2=O)cc1OC.COc1ccc(CN2C(=O)c3cccc(N4CCN(Cc5ccc(C)cc5)CC4)c3C2=O)cc1OC.COc1ccc(CN2C(=O)c3cccc(N4C[C@@H](C)N(Cc5ccccc5)[C@@H](C)C4)c3C2=O)cc1OC.O=C1c2cccc(N3CC4CCC(C3)N4Cc3ccccc3)c2C(=O)N1Cc1ccncc1. The lowest BCUT2D eigenvalue weighted by Crippen LogP contribution is -2.56. The topological polar surface area (TPSA) is 244 Å². The molecule has 0 radical (unpaired) electrons. The van der Waals surface area contributed by atoms with E-state index in [2.05, 4.69) is 175 Å². The molecule has 5 fully saturated rings. The van der Waals surface area contributed by atoms with Gasteiger partial charge in [0.05, 0.1) is 136 Å². The molecule has 5 atom stereocenters. The Bertz CT molecular complexity index is 6660. The number of carbonyl (C=O) groups excluding carboxylic acids is 8. The number of carbonyl (C=O) groups is 8. The number of anilines is 4. The highest BCUT2D eigenvalue weighted by atomic mass is 16.5. The number of pyridine rings is 1. The first kappa shape index (κ1) is 99.1. The summed E-state index contributed by atoms with van der Waals surface area (Å²) in [5.74, 6) is 1.66. The van der Waals surface area contributed by atoms with Gasteiger partial charge in [0.2, 0.25) is 0 Å². The molecule has 27 heteroatoms. The number of hydrogen-bond donors (Lipinski definition) is 0. The first-order valence-electron chi connectivity index (χ1n) is 49.8. The first-order chi connectivity index (χ1) is 70.1. The predicted octanol–water partition coefficient (Wildman–Crippen LogP) is 17.6. The van der Waals surface area contributed by atoms with Crippen molar-refractivity contribution in [3.8, 4) is 34.5 Å². The lowest BCUT2D eigenvalue weighted by atomic mass is 10.0. The van der Waals surface area contributed by atoms with Crippen molar-refractivity contribution in [3.05, 3.63) is 362 Å². The van der Waals surface area contributed by atoms with Gasteiger partial charge in [0.25, 0.3) is 47.3 Å². The number of aromatic nitrogens is 1. The highest BCUT2D eigenvalue weighted by Gasteiger charge is 2.47. The highest BCUT2D eigenvalue weighted by Crippen LogP contribution is 2.44. The van der Waals surface area contributed by atoms with Gasteiger partial charge in [0, 0.05) is 141 Å². The number of fused-ring (bicyclic) bond motifs is 6. The summed E-state index contributed by atoms with van der Waals surface area (Å²) in [4.78, 5) is 136. The van der Waals surface area contributed by atoms with Gasteiger partial charge in [0.1, 0.15) is 0 Å².